The normalized spacial score (nSPS) is 16.5. The number of amidine groups is 1. The van der Waals surface area contributed by atoms with Gasteiger partial charge >= 0.3 is 30.3 Å². The number of alkyl halides is 6. The average Bonchev–Trinajstić information content (AvgIpc) is 3.15. The predicted molar refractivity (Wildman–Crippen MR) is 146 cm³/mol. The van der Waals surface area contributed by atoms with Gasteiger partial charge in [0.2, 0.25) is 0 Å². The molecule has 44 heavy (non-hydrogen) atoms. The number of piperidine rings is 1. The highest BCUT2D eigenvalue weighted by Crippen LogP contribution is 2.26. The van der Waals surface area contributed by atoms with E-state index < -0.39 is 24.3 Å². The lowest BCUT2D eigenvalue weighted by Gasteiger charge is -2.39. The number of nitrogens with two attached hydrogens (primary N) is 1. The van der Waals surface area contributed by atoms with Gasteiger partial charge in [0, 0.05) is 56.2 Å². The number of benzene rings is 1. The van der Waals surface area contributed by atoms with Gasteiger partial charge in [-0.2, -0.15) is 26.3 Å². The molecule has 1 aromatic heterocycles. The largest absolute Gasteiger partial charge is 0.490 e. The number of halogens is 6. The molecule has 1 aromatic carbocycles. The van der Waals surface area contributed by atoms with Crippen molar-refractivity contribution >= 4 is 29.5 Å². The molecule has 0 spiro atoms. The van der Waals surface area contributed by atoms with Crippen LogP contribution in [0.5, 0.6) is 0 Å². The number of urea groups is 1. The number of nitrogen functional groups attached to an aromatic ring is 1. The third-order valence-corrected chi connectivity index (χ3v) is 6.57. The van der Waals surface area contributed by atoms with Gasteiger partial charge in [-0.25, -0.2) is 14.4 Å². The highest BCUT2D eigenvalue weighted by Gasteiger charge is 2.39. The zero-order valence-corrected chi connectivity index (χ0v) is 23.3. The Kier molecular flexibility index (Phi) is 12.9. The number of pyridine rings is 1. The smallest absolute Gasteiger partial charge is 0.475 e. The molecule has 0 radical (unpaired) electrons. The lowest BCUT2D eigenvalue weighted by molar-refractivity contribution is -0.193. The van der Waals surface area contributed by atoms with E-state index in [1.54, 1.807) is 0 Å². The molecule has 0 saturated carbocycles. The molecule has 2 aliphatic rings. The van der Waals surface area contributed by atoms with Crippen LogP contribution in [0, 0.1) is 5.41 Å². The maximum atomic E-state index is 13.4. The molecule has 17 heteroatoms. The van der Waals surface area contributed by atoms with E-state index in [0.29, 0.717) is 12.1 Å². The molecule has 0 aliphatic carbocycles. The number of amides is 2. The van der Waals surface area contributed by atoms with Gasteiger partial charge in [0.25, 0.3) is 0 Å². The quantitative estimate of drug-likeness (QED) is 0.215. The Bertz CT molecular complexity index is 1250. The van der Waals surface area contributed by atoms with Gasteiger partial charge in [0.15, 0.2) is 0 Å². The summed E-state index contributed by atoms with van der Waals surface area (Å²) in [5.74, 6) is -5.49. The van der Waals surface area contributed by atoms with Crippen LogP contribution in [-0.4, -0.2) is 93.4 Å². The topological polar surface area (TPSA) is 164 Å². The number of carbonyl (C=O) groups is 3. The third-order valence-electron chi connectivity index (χ3n) is 6.57. The Balaban J connectivity index is 0.000000402. The SMILES string of the molecule is N=C(N)c1cccc(N2CCCCN(C3CCN(Cc4ccccn4)CC3)C2=O)c1.O=C(O)C(F)(F)F.O=C(O)C(F)(F)F. The van der Waals surface area contributed by atoms with Gasteiger partial charge in [0.1, 0.15) is 5.84 Å². The standard InChI is InChI=1S/C23H30N6O.2C2HF3O2/c24-22(25)18-6-5-8-21(16-18)29-13-4-3-12-28(23(29)30)20-9-14-27(15-10-20)17-19-7-1-2-11-26-19;2*3-2(4,5)1(6)7/h1-2,5-8,11,16,20H,3-4,9-10,12-15,17H2,(H3,24,25);2*(H,6,7). The number of carboxylic acid groups (broad SMARTS) is 2. The number of hydrogen-bond acceptors (Lipinski definition) is 6. The highest BCUT2D eigenvalue weighted by molar-refractivity contribution is 5.98. The molecule has 2 saturated heterocycles. The molecule has 0 atom stereocenters. The Hall–Kier alpha value is -4.41. The highest BCUT2D eigenvalue weighted by atomic mass is 19.4. The van der Waals surface area contributed by atoms with Crippen LogP contribution in [0.4, 0.5) is 36.8 Å². The number of hydrogen-bond donors (Lipinski definition) is 4. The molecule has 2 aromatic rings. The molecule has 4 rings (SSSR count). The second kappa shape index (κ2) is 15.9. The van der Waals surface area contributed by atoms with Crippen molar-refractivity contribution in [2.75, 3.05) is 31.1 Å². The molecule has 11 nitrogen and oxygen atoms in total. The summed E-state index contributed by atoms with van der Waals surface area (Å²) in [5.41, 5.74) is 8.22. The summed E-state index contributed by atoms with van der Waals surface area (Å²) in [4.78, 5) is 42.0. The van der Waals surface area contributed by atoms with Crippen molar-refractivity contribution in [2.45, 2.75) is 50.6 Å². The number of aliphatic carboxylic acids is 2. The van der Waals surface area contributed by atoms with Gasteiger partial charge in [-0.05, 0) is 49.9 Å². The molecule has 3 heterocycles. The van der Waals surface area contributed by atoms with Gasteiger partial charge < -0.3 is 20.8 Å². The van der Waals surface area contributed by atoms with E-state index in [9.17, 15) is 31.1 Å². The molecule has 2 fully saturated rings. The molecular formula is C27H32F6N6O5. The molecule has 2 amide bonds. The Morgan fingerprint density at radius 2 is 1.48 bits per heavy atom. The second-order valence-corrected chi connectivity index (χ2v) is 9.73. The summed E-state index contributed by atoms with van der Waals surface area (Å²) in [6.45, 7) is 4.34. The number of carboxylic acids is 2. The number of aromatic nitrogens is 1. The maximum Gasteiger partial charge on any atom is 0.490 e. The van der Waals surface area contributed by atoms with E-state index in [0.717, 1.165) is 63.2 Å². The van der Waals surface area contributed by atoms with Crippen molar-refractivity contribution in [1.29, 1.82) is 5.41 Å². The summed E-state index contributed by atoms with van der Waals surface area (Å²) in [7, 11) is 0. The summed E-state index contributed by atoms with van der Waals surface area (Å²) in [6, 6.07) is 13.8. The summed E-state index contributed by atoms with van der Waals surface area (Å²) < 4.78 is 63.5. The Labute approximate surface area is 248 Å². The predicted octanol–water partition coefficient (Wildman–Crippen LogP) is 4.32. The minimum Gasteiger partial charge on any atom is -0.475 e. The van der Waals surface area contributed by atoms with E-state index in [1.165, 1.54) is 0 Å². The van der Waals surface area contributed by atoms with Gasteiger partial charge in [-0.1, -0.05) is 18.2 Å². The first-order valence-corrected chi connectivity index (χ1v) is 13.3. The van der Waals surface area contributed by atoms with Crippen LogP contribution < -0.4 is 10.6 Å². The van der Waals surface area contributed by atoms with Crippen LogP contribution in [0.25, 0.3) is 0 Å². The molecule has 2 aliphatic heterocycles. The molecule has 242 valence electrons. The van der Waals surface area contributed by atoms with E-state index in [1.807, 2.05) is 47.5 Å². The van der Waals surface area contributed by atoms with Crippen molar-refractivity contribution in [3.8, 4) is 0 Å². The third kappa shape index (κ3) is 11.3. The fourth-order valence-electron chi connectivity index (χ4n) is 4.43. The fraction of sp³-hybridized carbons (Fsp3) is 0.444. The molecular weight excluding hydrogens is 602 g/mol. The summed E-state index contributed by atoms with van der Waals surface area (Å²) in [5, 5.41) is 21.9. The summed E-state index contributed by atoms with van der Waals surface area (Å²) >= 11 is 0. The van der Waals surface area contributed by atoms with Crippen molar-refractivity contribution in [1.82, 2.24) is 14.8 Å². The number of carbonyl (C=O) groups excluding carboxylic acids is 1. The molecule has 0 unspecified atom stereocenters. The summed E-state index contributed by atoms with van der Waals surface area (Å²) in [6.07, 6.45) is -4.36. The van der Waals surface area contributed by atoms with Crippen LogP contribution in [-0.2, 0) is 16.1 Å². The first-order chi connectivity index (χ1) is 20.5. The monoisotopic (exact) mass is 634 g/mol. The number of nitrogens with zero attached hydrogens (tertiary/aromatic N) is 4. The number of nitrogens with one attached hydrogen (secondary N) is 1. The Morgan fingerprint density at radius 3 is 1.98 bits per heavy atom. The van der Waals surface area contributed by atoms with Gasteiger partial charge in [0.05, 0.1) is 5.69 Å². The number of rotatable bonds is 5. The zero-order valence-electron chi connectivity index (χ0n) is 23.3. The number of likely N-dealkylation sites (tertiary alicyclic amines) is 1. The molecule has 0 bridgehead atoms. The molecule has 5 N–H and O–H groups in total. The zero-order chi connectivity index (χ0) is 33.1. The average molecular weight is 635 g/mol. The number of anilines is 1. The first kappa shape index (κ1) is 35.8. The van der Waals surface area contributed by atoms with Crippen molar-refractivity contribution in [2.24, 2.45) is 5.73 Å². The van der Waals surface area contributed by atoms with Crippen LogP contribution >= 0.6 is 0 Å². The van der Waals surface area contributed by atoms with E-state index >= 15 is 0 Å². The minimum absolute atomic E-state index is 0.0243. The van der Waals surface area contributed by atoms with E-state index in [2.05, 4.69) is 20.9 Å². The lowest BCUT2D eigenvalue weighted by atomic mass is 10.0. The van der Waals surface area contributed by atoms with E-state index in [4.69, 9.17) is 30.9 Å². The minimum atomic E-state index is -5.08. The van der Waals surface area contributed by atoms with Crippen LogP contribution in [0.2, 0.25) is 0 Å². The second-order valence-electron chi connectivity index (χ2n) is 9.73. The van der Waals surface area contributed by atoms with Crippen LogP contribution in [0.3, 0.4) is 0 Å². The van der Waals surface area contributed by atoms with Crippen LogP contribution in [0.1, 0.15) is 36.9 Å². The van der Waals surface area contributed by atoms with Crippen molar-refractivity contribution < 1.29 is 50.9 Å². The first-order valence-electron chi connectivity index (χ1n) is 13.3. The van der Waals surface area contributed by atoms with E-state index in [-0.39, 0.29) is 17.9 Å². The van der Waals surface area contributed by atoms with Crippen molar-refractivity contribution in [3.63, 3.8) is 0 Å². The van der Waals surface area contributed by atoms with Gasteiger partial charge in [-0.3, -0.25) is 20.2 Å². The fourth-order valence-corrected chi connectivity index (χ4v) is 4.43. The van der Waals surface area contributed by atoms with Crippen molar-refractivity contribution in [3.05, 3.63) is 59.9 Å². The van der Waals surface area contributed by atoms with Gasteiger partial charge in [-0.15, -0.1) is 0 Å². The maximum absolute atomic E-state index is 13.4. The lowest BCUT2D eigenvalue weighted by Crippen LogP contribution is -2.51. The van der Waals surface area contributed by atoms with Crippen LogP contribution in [0.15, 0.2) is 48.7 Å². The Morgan fingerprint density at radius 1 is 0.909 bits per heavy atom.